The molecule has 0 aliphatic heterocycles. The summed E-state index contributed by atoms with van der Waals surface area (Å²) in [5.41, 5.74) is 0.800. The number of hydrogen-bond donors (Lipinski definition) is 0. The summed E-state index contributed by atoms with van der Waals surface area (Å²) in [7, 11) is -3.89. The number of benzene rings is 3. The van der Waals surface area contributed by atoms with Gasteiger partial charge < -0.3 is 0 Å². The highest BCUT2D eigenvalue weighted by Gasteiger charge is 2.25. The highest BCUT2D eigenvalue weighted by atomic mass is 32.2. The van der Waals surface area contributed by atoms with E-state index in [2.05, 4.69) is 0 Å². The first kappa shape index (κ1) is 17.6. The normalized spacial score (nSPS) is 10.9. The number of rotatable bonds is 5. The number of nitrogens with zero attached hydrogens (tertiary/aromatic N) is 2. The van der Waals surface area contributed by atoms with Crippen molar-refractivity contribution in [3.8, 4) is 6.07 Å². The Kier molecular flexibility index (Phi) is 5.01. The lowest BCUT2D eigenvalue weighted by Crippen LogP contribution is -2.30. The average Bonchev–Trinajstić information content (AvgIpc) is 2.68. The first-order valence-corrected chi connectivity index (χ1v) is 9.28. The van der Waals surface area contributed by atoms with Gasteiger partial charge >= 0.3 is 0 Å². The van der Waals surface area contributed by atoms with Crippen LogP contribution in [-0.2, 0) is 16.6 Å². The van der Waals surface area contributed by atoms with Crippen LogP contribution in [0.25, 0.3) is 0 Å². The van der Waals surface area contributed by atoms with Gasteiger partial charge in [-0.1, -0.05) is 48.5 Å². The van der Waals surface area contributed by atoms with Crippen molar-refractivity contribution in [2.75, 3.05) is 4.31 Å². The van der Waals surface area contributed by atoms with E-state index in [0.717, 1.165) is 11.6 Å². The Labute approximate surface area is 151 Å². The largest absolute Gasteiger partial charge is 0.264 e. The van der Waals surface area contributed by atoms with Crippen LogP contribution >= 0.6 is 0 Å². The minimum atomic E-state index is -3.89. The molecule has 0 N–H and O–H groups in total. The van der Waals surface area contributed by atoms with Gasteiger partial charge in [-0.15, -0.1) is 0 Å². The molecule has 3 aromatic carbocycles. The molecule has 0 saturated heterocycles. The van der Waals surface area contributed by atoms with Crippen molar-refractivity contribution in [2.45, 2.75) is 11.4 Å². The molecule has 0 fully saturated rings. The maximum Gasteiger partial charge on any atom is 0.264 e. The molecule has 0 spiro atoms. The van der Waals surface area contributed by atoms with Crippen LogP contribution in [0.1, 0.15) is 11.1 Å². The van der Waals surface area contributed by atoms with Crippen molar-refractivity contribution in [2.24, 2.45) is 0 Å². The first-order valence-electron chi connectivity index (χ1n) is 7.84. The van der Waals surface area contributed by atoms with Crippen molar-refractivity contribution in [3.05, 3.63) is 95.8 Å². The fourth-order valence-corrected chi connectivity index (χ4v) is 4.00. The predicted octanol–water partition coefficient (Wildman–Crippen LogP) is 4.09. The second-order valence-corrected chi connectivity index (χ2v) is 7.45. The van der Waals surface area contributed by atoms with Gasteiger partial charge in [0.25, 0.3) is 10.0 Å². The van der Waals surface area contributed by atoms with Crippen LogP contribution in [0.4, 0.5) is 10.1 Å². The quantitative estimate of drug-likeness (QED) is 0.683. The molecule has 0 aliphatic carbocycles. The van der Waals surface area contributed by atoms with Gasteiger partial charge in [-0.2, -0.15) is 5.26 Å². The van der Waals surface area contributed by atoms with Crippen LogP contribution in [0.3, 0.4) is 0 Å². The van der Waals surface area contributed by atoms with E-state index in [1.165, 1.54) is 28.6 Å². The zero-order valence-electron chi connectivity index (χ0n) is 13.7. The number of anilines is 1. The maximum absolute atomic E-state index is 13.7. The Morgan fingerprint density at radius 1 is 0.923 bits per heavy atom. The molecule has 3 aromatic rings. The smallest absolute Gasteiger partial charge is 0.262 e. The lowest BCUT2D eigenvalue weighted by atomic mass is 10.2. The fraction of sp³-hybridized carbons (Fsp3) is 0.0500. The van der Waals surface area contributed by atoms with Crippen LogP contribution in [0.2, 0.25) is 0 Å². The molecular formula is C20H15FN2O2S. The zero-order chi connectivity index (χ0) is 18.6. The number of halogens is 1. The van der Waals surface area contributed by atoms with Crippen LogP contribution in [-0.4, -0.2) is 8.42 Å². The third kappa shape index (κ3) is 3.58. The van der Waals surface area contributed by atoms with Crippen LogP contribution in [0, 0.1) is 17.1 Å². The number of nitriles is 1. The van der Waals surface area contributed by atoms with E-state index >= 15 is 0 Å². The zero-order valence-corrected chi connectivity index (χ0v) is 14.5. The summed E-state index contributed by atoms with van der Waals surface area (Å²) in [6.07, 6.45) is 0. The monoisotopic (exact) mass is 366 g/mol. The summed E-state index contributed by atoms with van der Waals surface area (Å²) < 4.78 is 41.2. The van der Waals surface area contributed by atoms with Crippen LogP contribution < -0.4 is 4.31 Å². The van der Waals surface area contributed by atoms with E-state index in [-0.39, 0.29) is 22.7 Å². The summed E-state index contributed by atoms with van der Waals surface area (Å²) >= 11 is 0. The standard InChI is InChI=1S/C20H15FN2O2S/c21-20-12-11-18(13-17(20)14-22)23(15-16-7-3-1-4-8-16)26(24,25)19-9-5-2-6-10-19/h1-13H,15H2. The molecule has 4 nitrogen and oxygen atoms in total. The van der Waals surface area contributed by atoms with E-state index in [1.54, 1.807) is 24.3 Å². The lowest BCUT2D eigenvalue weighted by molar-refractivity contribution is 0.590. The molecular weight excluding hydrogens is 351 g/mol. The number of sulfonamides is 1. The van der Waals surface area contributed by atoms with Gasteiger partial charge in [-0.05, 0) is 35.9 Å². The van der Waals surface area contributed by atoms with Gasteiger partial charge in [0.2, 0.25) is 0 Å². The molecule has 130 valence electrons. The molecule has 0 radical (unpaired) electrons. The molecule has 26 heavy (non-hydrogen) atoms. The topological polar surface area (TPSA) is 61.2 Å². The van der Waals surface area contributed by atoms with Gasteiger partial charge in [0.05, 0.1) is 22.7 Å². The van der Waals surface area contributed by atoms with Crippen molar-refractivity contribution in [3.63, 3.8) is 0 Å². The second kappa shape index (κ2) is 7.38. The summed E-state index contributed by atoms with van der Waals surface area (Å²) in [5.74, 6) is -0.687. The van der Waals surface area contributed by atoms with Crippen molar-refractivity contribution in [1.29, 1.82) is 5.26 Å². The highest BCUT2D eigenvalue weighted by molar-refractivity contribution is 7.92. The Hall–Kier alpha value is -3.17. The average molecular weight is 366 g/mol. The van der Waals surface area contributed by atoms with Crippen LogP contribution in [0.15, 0.2) is 83.8 Å². The Morgan fingerprint density at radius 3 is 2.15 bits per heavy atom. The number of hydrogen-bond acceptors (Lipinski definition) is 3. The molecule has 0 bridgehead atoms. The summed E-state index contributed by atoms with van der Waals surface area (Å²) in [6.45, 7) is 0.0641. The van der Waals surface area contributed by atoms with Crippen LogP contribution in [0.5, 0.6) is 0 Å². The second-order valence-electron chi connectivity index (χ2n) is 5.59. The minimum Gasteiger partial charge on any atom is -0.262 e. The van der Waals surface area contributed by atoms with E-state index in [9.17, 15) is 12.8 Å². The highest BCUT2D eigenvalue weighted by Crippen LogP contribution is 2.27. The van der Waals surface area contributed by atoms with E-state index < -0.39 is 15.8 Å². The molecule has 0 saturated carbocycles. The Balaban J connectivity index is 2.12. The van der Waals surface area contributed by atoms with Gasteiger partial charge in [-0.3, -0.25) is 4.31 Å². The summed E-state index contributed by atoms with van der Waals surface area (Å²) in [5, 5.41) is 9.08. The fourth-order valence-electron chi connectivity index (χ4n) is 2.54. The predicted molar refractivity (Wildman–Crippen MR) is 97.4 cm³/mol. The van der Waals surface area contributed by atoms with E-state index in [1.807, 2.05) is 30.3 Å². The summed E-state index contributed by atoms with van der Waals surface area (Å²) in [4.78, 5) is 0.124. The minimum absolute atomic E-state index is 0.0641. The van der Waals surface area contributed by atoms with E-state index in [4.69, 9.17) is 5.26 Å². The van der Waals surface area contributed by atoms with Crippen molar-refractivity contribution < 1.29 is 12.8 Å². The molecule has 0 amide bonds. The van der Waals surface area contributed by atoms with Gasteiger partial charge in [-0.25, -0.2) is 12.8 Å². The molecule has 0 aliphatic rings. The molecule has 6 heteroatoms. The van der Waals surface area contributed by atoms with Crippen molar-refractivity contribution in [1.82, 2.24) is 0 Å². The third-order valence-electron chi connectivity index (χ3n) is 3.86. The van der Waals surface area contributed by atoms with Gasteiger partial charge in [0.15, 0.2) is 0 Å². The molecule has 0 unspecified atom stereocenters. The Morgan fingerprint density at radius 2 is 1.54 bits per heavy atom. The van der Waals surface area contributed by atoms with Crippen molar-refractivity contribution >= 4 is 15.7 Å². The van der Waals surface area contributed by atoms with E-state index in [0.29, 0.717) is 0 Å². The van der Waals surface area contributed by atoms with Gasteiger partial charge in [0, 0.05) is 0 Å². The third-order valence-corrected chi connectivity index (χ3v) is 5.65. The first-order chi connectivity index (χ1) is 12.5. The molecule has 3 rings (SSSR count). The maximum atomic E-state index is 13.7. The summed E-state index contributed by atoms with van der Waals surface area (Å²) in [6, 6.07) is 22.6. The Bertz CT molecular complexity index is 1050. The molecule has 0 aromatic heterocycles. The van der Waals surface area contributed by atoms with Gasteiger partial charge in [0.1, 0.15) is 11.9 Å². The molecule has 0 heterocycles. The lowest BCUT2D eigenvalue weighted by Gasteiger charge is -2.25. The molecule has 0 atom stereocenters. The SMILES string of the molecule is N#Cc1cc(N(Cc2ccccc2)S(=O)(=O)c2ccccc2)ccc1F.